The molecule has 0 N–H and O–H groups in total. The van der Waals surface area contributed by atoms with E-state index in [1.807, 2.05) is 39.0 Å². The van der Waals surface area contributed by atoms with Crippen LogP contribution in [0.15, 0.2) is 30.3 Å². The third-order valence-electron chi connectivity index (χ3n) is 4.91. The van der Waals surface area contributed by atoms with Gasteiger partial charge in [0.15, 0.2) is 0 Å². The van der Waals surface area contributed by atoms with Crippen LogP contribution >= 0.6 is 0 Å². The Morgan fingerprint density at radius 3 is 2.54 bits per heavy atom. The standard InChI is InChI=1S/C21H24FNO3/c1-13-8-16-19(17(22)9-13)20(24)23(12-21(16,2)3)11-14-6-7-15(25-4)10-18(14)26-5/h6-10H,11-12H2,1-5H3. The molecule has 0 saturated carbocycles. The quantitative estimate of drug-likeness (QED) is 0.827. The minimum Gasteiger partial charge on any atom is -0.497 e. The Morgan fingerprint density at radius 1 is 1.15 bits per heavy atom. The van der Waals surface area contributed by atoms with Gasteiger partial charge in [0.2, 0.25) is 0 Å². The fraction of sp³-hybridized carbons (Fsp3) is 0.381. The lowest BCUT2D eigenvalue weighted by Crippen LogP contribution is -2.46. The predicted molar refractivity (Wildman–Crippen MR) is 98.4 cm³/mol. The second kappa shape index (κ2) is 6.63. The average Bonchev–Trinajstić information content (AvgIpc) is 2.59. The Morgan fingerprint density at radius 2 is 1.88 bits per heavy atom. The van der Waals surface area contributed by atoms with Crippen LogP contribution in [0.4, 0.5) is 4.39 Å². The Balaban J connectivity index is 1.99. The minimum atomic E-state index is -0.454. The van der Waals surface area contributed by atoms with E-state index >= 15 is 0 Å². The molecule has 1 aliphatic heterocycles. The lowest BCUT2D eigenvalue weighted by Gasteiger charge is -2.40. The van der Waals surface area contributed by atoms with Gasteiger partial charge in [-0.1, -0.05) is 19.9 Å². The number of aryl methyl sites for hydroxylation is 1. The number of hydrogen-bond donors (Lipinski definition) is 0. The van der Waals surface area contributed by atoms with Gasteiger partial charge in [-0.25, -0.2) is 4.39 Å². The molecule has 0 unspecified atom stereocenters. The van der Waals surface area contributed by atoms with Crippen LogP contribution in [0.1, 0.15) is 40.9 Å². The zero-order chi connectivity index (χ0) is 19.1. The molecule has 0 saturated heterocycles. The second-order valence-electron chi connectivity index (χ2n) is 7.39. The van der Waals surface area contributed by atoms with E-state index in [1.54, 1.807) is 25.2 Å². The topological polar surface area (TPSA) is 38.8 Å². The van der Waals surface area contributed by atoms with Crippen molar-refractivity contribution in [2.24, 2.45) is 0 Å². The summed E-state index contributed by atoms with van der Waals surface area (Å²) in [7, 11) is 3.17. The van der Waals surface area contributed by atoms with E-state index in [1.165, 1.54) is 6.07 Å². The molecule has 1 heterocycles. The number of nitrogens with zero attached hydrogens (tertiary/aromatic N) is 1. The highest BCUT2D eigenvalue weighted by molar-refractivity contribution is 5.97. The average molecular weight is 357 g/mol. The van der Waals surface area contributed by atoms with E-state index < -0.39 is 5.82 Å². The van der Waals surface area contributed by atoms with Crippen LogP contribution in [0, 0.1) is 12.7 Å². The molecule has 0 aromatic heterocycles. The molecule has 0 bridgehead atoms. The fourth-order valence-corrected chi connectivity index (χ4v) is 3.60. The summed E-state index contributed by atoms with van der Waals surface area (Å²) < 4.78 is 25.2. The Kier molecular flexibility index (Phi) is 4.65. The summed E-state index contributed by atoms with van der Waals surface area (Å²) in [4.78, 5) is 14.7. The highest BCUT2D eigenvalue weighted by atomic mass is 19.1. The highest BCUT2D eigenvalue weighted by Crippen LogP contribution is 2.37. The zero-order valence-corrected chi connectivity index (χ0v) is 15.9. The monoisotopic (exact) mass is 357 g/mol. The third-order valence-corrected chi connectivity index (χ3v) is 4.91. The van der Waals surface area contributed by atoms with Crippen LogP contribution in [-0.2, 0) is 12.0 Å². The number of ether oxygens (including phenoxy) is 2. The number of carbonyl (C=O) groups excluding carboxylic acids is 1. The number of methoxy groups -OCH3 is 2. The van der Waals surface area contributed by atoms with Crippen LogP contribution in [-0.4, -0.2) is 31.6 Å². The molecule has 138 valence electrons. The first kappa shape index (κ1) is 18.2. The van der Waals surface area contributed by atoms with Crippen LogP contribution in [0.5, 0.6) is 11.5 Å². The summed E-state index contributed by atoms with van der Waals surface area (Å²) in [5.74, 6) is 0.590. The molecular formula is C21H24FNO3. The largest absolute Gasteiger partial charge is 0.497 e. The van der Waals surface area contributed by atoms with Gasteiger partial charge in [-0.15, -0.1) is 0 Å². The Hall–Kier alpha value is -2.56. The van der Waals surface area contributed by atoms with Crippen molar-refractivity contribution in [2.75, 3.05) is 20.8 Å². The number of rotatable bonds is 4. The molecular weight excluding hydrogens is 333 g/mol. The van der Waals surface area contributed by atoms with Gasteiger partial charge in [0.05, 0.1) is 19.8 Å². The maximum Gasteiger partial charge on any atom is 0.257 e. The number of carbonyl (C=O) groups is 1. The summed E-state index contributed by atoms with van der Waals surface area (Å²) in [5, 5.41) is 0. The van der Waals surface area contributed by atoms with Gasteiger partial charge in [0.1, 0.15) is 17.3 Å². The summed E-state index contributed by atoms with van der Waals surface area (Å²) in [6, 6.07) is 8.83. The fourth-order valence-electron chi connectivity index (χ4n) is 3.60. The summed E-state index contributed by atoms with van der Waals surface area (Å²) in [5.41, 5.74) is 2.30. The molecule has 2 aromatic carbocycles. The van der Waals surface area contributed by atoms with Crippen molar-refractivity contribution >= 4 is 5.91 Å². The molecule has 2 aromatic rings. The van der Waals surface area contributed by atoms with Gasteiger partial charge < -0.3 is 14.4 Å². The van der Waals surface area contributed by atoms with Gasteiger partial charge in [0, 0.05) is 30.1 Å². The van der Waals surface area contributed by atoms with Crippen molar-refractivity contribution in [3.63, 3.8) is 0 Å². The van der Waals surface area contributed by atoms with E-state index in [2.05, 4.69) is 0 Å². The number of amides is 1. The number of benzene rings is 2. The van der Waals surface area contributed by atoms with Crippen LogP contribution in [0.3, 0.4) is 0 Å². The molecule has 0 fully saturated rings. The van der Waals surface area contributed by atoms with E-state index in [0.717, 1.165) is 16.7 Å². The molecule has 0 spiro atoms. The zero-order valence-electron chi connectivity index (χ0n) is 15.9. The van der Waals surface area contributed by atoms with Crippen LogP contribution in [0.25, 0.3) is 0 Å². The normalized spacial score (nSPS) is 15.6. The molecule has 5 heteroatoms. The first-order valence-electron chi connectivity index (χ1n) is 8.57. The number of fused-ring (bicyclic) bond motifs is 1. The van der Waals surface area contributed by atoms with Gasteiger partial charge in [0.25, 0.3) is 5.91 Å². The molecule has 26 heavy (non-hydrogen) atoms. The van der Waals surface area contributed by atoms with Crippen molar-refractivity contribution in [2.45, 2.75) is 32.7 Å². The molecule has 0 radical (unpaired) electrons. The second-order valence-corrected chi connectivity index (χ2v) is 7.39. The molecule has 0 atom stereocenters. The maximum absolute atomic E-state index is 14.6. The van der Waals surface area contributed by atoms with Crippen molar-refractivity contribution in [3.8, 4) is 11.5 Å². The highest BCUT2D eigenvalue weighted by Gasteiger charge is 2.38. The molecule has 3 rings (SSSR count). The van der Waals surface area contributed by atoms with Crippen LogP contribution < -0.4 is 9.47 Å². The van der Waals surface area contributed by atoms with Crippen molar-refractivity contribution in [1.82, 2.24) is 4.90 Å². The minimum absolute atomic E-state index is 0.180. The van der Waals surface area contributed by atoms with Crippen molar-refractivity contribution in [3.05, 3.63) is 58.4 Å². The van der Waals surface area contributed by atoms with Crippen molar-refractivity contribution < 1.29 is 18.7 Å². The van der Waals surface area contributed by atoms with Gasteiger partial charge in [-0.2, -0.15) is 0 Å². The summed E-state index contributed by atoms with van der Waals surface area (Å²) in [6.07, 6.45) is 0. The van der Waals surface area contributed by atoms with E-state index in [0.29, 0.717) is 24.6 Å². The third kappa shape index (κ3) is 3.14. The SMILES string of the molecule is COc1ccc(CN2CC(C)(C)c3cc(C)cc(F)c3C2=O)c(OC)c1. The van der Waals surface area contributed by atoms with Gasteiger partial charge in [-0.05, 0) is 36.2 Å². The van der Waals surface area contributed by atoms with E-state index in [-0.39, 0.29) is 16.9 Å². The smallest absolute Gasteiger partial charge is 0.257 e. The molecule has 1 aliphatic rings. The van der Waals surface area contributed by atoms with E-state index in [4.69, 9.17) is 9.47 Å². The Bertz CT molecular complexity index is 861. The van der Waals surface area contributed by atoms with Gasteiger partial charge in [-0.3, -0.25) is 4.79 Å². The number of halogens is 1. The lowest BCUT2D eigenvalue weighted by atomic mass is 9.77. The Labute approximate surface area is 153 Å². The molecule has 0 aliphatic carbocycles. The summed E-state index contributed by atoms with van der Waals surface area (Å²) >= 11 is 0. The first-order chi connectivity index (χ1) is 12.3. The van der Waals surface area contributed by atoms with Gasteiger partial charge >= 0.3 is 0 Å². The molecule has 1 amide bonds. The molecule has 4 nitrogen and oxygen atoms in total. The number of hydrogen-bond acceptors (Lipinski definition) is 3. The van der Waals surface area contributed by atoms with E-state index in [9.17, 15) is 9.18 Å². The predicted octanol–water partition coefficient (Wildman–Crippen LogP) is 4.08. The lowest BCUT2D eigenvalue weighted by molar-refractivity contribution is 0.0665. The maximum atomic E-state index is 14.6. The van der Waals surface area contributed by atoms with Crippen LogP contribution in [0.2, 0.25) is 0 Å². The first-order valence-corrected chi connectivity index (χ1v) is 8.57. The van der Waals surface area contributed by atoms with Crippen molar-refractivity contribution in [1.29, 1.82) is 0 Å². The summed E-state index contributed by atoms with van der Waals surface area (Å²) in [6.45, 7) is 6.78.